The van der Waals surface area contributed by atoms with Gasteiger partial charge in [0.1, 0.15) is 5.65 Å². The molecule has 1 amide bonds. The van der Waals surface area contributed by atoms with Crippen molar-refractivity contribution < 1.29 is 23.1 Å². The van der Waals surface area contributed by atoms with Crippen LogP contribution in [0.15, 0.2) is 65.7 Å². The van der Waals surface area contributed by atoms with Gasteiger partial charge in [-0.3, -0.25) is 9.36 Å². The number of amides is 1. The van der Waals surface area contributed by atoms with E-state index in [4.69, 9.17) is 0 Å². The summed E-state index contributed by atoms with van der Waals surface area (Å²) in [6, 6.07) is 11.1. The molecule has 1 aliphatic rings. The highest BCUT2D eigenvalue weighted by Gasteiger charge is 2.30. The highest BCUT2D eigenvalue weighted by Crippen LogP contribution is 2.31. The third-order valence-electron chi connectivity index (χ3n) is 5.76. The number of hydrogen-bond donors (Lipinski definition) is 1. The Labute approximate surface area is 185 Å². The SMILES string of the molecule is O=C(O)N1CCc2nc3cc(-n4ccc(-c5ccc(C(F)(F)F)cc5)cc4=O)ccn3c2C1. The molecule has 7 nitrogen and oxygen atoms in total. The average molecular weight is 454 g/mol. The van der Waals surface area contributed by atoms with Gasteiger partial charge in [0.25, 0.3) is 5.56 Å². The molecule has 168 valence electrons. The Morgan fingerprint density at radius 3 is 2.42 bits per heavy atom. The second-order valence-corrected chi connectivity index (χ2v) is 7.77. The van der Waals surface area contributed by atoms with Gasteiger partial charge in [-0.2, -0.15) is 13.2 Å². The molecule has 0 radical (unpaired) electrons. The molecule has 0 spiro atoms. The zero-order chi connectivity index (χ0) is 23.3. The van der Waals surface area contributed by atoms with Gasteiger partial charge in [-0.05, 0) is 35.4 Å². The fourth-order valence-corrected chi connectivity index (χ4v) is 4.04. The van der Waals surface area contributed by atoms with Crippen molar-refractivity contribution in [2.45, 2.75) is 19.1 Å². The van der Waals surface area contributed by atoms with Crippen molar-refractivity contribution in [3.8, 4) is 16.8 Å². The number of carbonyl (C=O) groups is 1. The van der Waals surface area contributed by atoms with Crippen LogP contribution in [0.4, 0.5) is 18.0 Å². The summed E-state index contributed by atoms with van der Waals surface area (Å²) in [5.41, 5.74) is 2.73. The maximum absolute atomic E-state index is 12.8. The number of pyridine rings is 2. The van der Waals surface area contributed by atoms with E-state index in [2.05, 4.69) is 4.98 Å². The smallest absolute Gasteiger partial charge is 0.416 e. The summed E-state index contributed by atoms with van der Waals surface area (Å²) in [5, 5.41) is 9.26. The summed E-state index contributed by atoms with van der Waals surface area (Å²) in [6.07, 6.45) is -1.57. The van der Waals surface area contributed by atoms with Crippen LogP contribution in [0.25, 0.3) is 22.5 Å². The van der Waals surface area contributed by atoms with Crippen LogP contribution < -0.4 is 5.56 Å². The molecule has 0 fully saturated rings. The van der Waals surface area contributed by atoms with Crippen LogP contribution >= 0.6 is 0 Å². The summed E-state index contributed by atoms with van der Waals surface area (Å²) in [5.74, 6) is 0. The van der Waals surface area contributed by atoms with Crippen molar-refractivity contribution in [3.63, 3.8) is 0 Å². The number of fused-ring (bicyclic) bond motifs is 3. The normalized spacial score (nSPS) is 13.8. The van der Waals surface area contributed by atoms with Crippen molar-refractivity contribution in [2.75, 3.05) is 6.54 Å². The molecule has 5 rings (SSSR count). The highest BCUT2D eigenvalue weighted by atomic mass is 19.4. The standard InChI is InChI=1S/C23H17F3N4O3/c24-23(25,26)16-3-1-14(2-4-16)15-5-9-29(21(31)11-15)17-6-10-30-19-13-28(22(32)33)8-7-18(19)27-20(30)12-17/h1-6,9-12H,7-8,13H2,(H,32,33). The summed E-state index contributed by atoms with van der Waals surface area (Å²) in [7, 11) is 0. The lowest BCUT2D eigenvalue weighted by atomic mass is 10.0. The van der Waals surface area contributed by atoms with Gasteiger partial charge in [0.2, 0.25) is 0 Å². The Hall–Kier alpha value is -4.08. The molecule has 0 unspecified atom stereocenters. The second-order valence-electron chi connectivity index (χ2n) is 7.77. The first-order chi connectivity index (χ1) is 15.7. The van der Waals surface area contributed by atoms with E-state index >= 15 is 0 Å². The lowest BCUT2D eigenvalue weighted by Gasteiger charge is -2.23. The maximum atomic E-state index is 12.8. The fourth-order valence-electron chi connectivity index (χ4n) is 4.04. The van der Waals surface area contributed by atoms with E-state index in [1.54, 1.807) is 30.6 Å². The van der Waals surface area contributed by atoms with Gasteiger partial charge >= 0.3 is 12.3 Å². The molecule has 0 aliphatic carbocycles. The minimum Gasteiger partial charge on any atom is -0.465 e. The number of hydrogen-bond acceptors (Lipinski definition) is 3. The van der Waals surface area contributed by atoms with Gasteiger partial charge in [-0.15, -0.1) is 0 Å². The highest BCUT2D eigenvalue weighted by molar-refractivity contribution is 5.66. The number of halogens is 3. The molecule has 1 N–H and O–H groups in total. The first kappa shape index (κ1) is 20.8. The monoisotopic (exact) mass is 454 g/mol. The van der Waals surface area contributed by atoms with Crippen LogP contribution in [-0.4, -0.2) is 36.6 Å². The quantitative estimate of drug-likeness (QED) is 0.492. The van der Waals surface area contributed by atoms with Gasteiger partial charge in [0, 0.05) is 37.5 Å². The zero-order valence-corrected chi connectivity index (χ0v) is 17.1. The summed E-state index contributed by atoms with van der Waals surface area (Å²) in [4.78, 5) is 30.0. The third-order valence-corrected chi connectivity index (χ3v) is 5.76. The number of carboxylic acid groups (broad SMARTS) is 1. The molecule has 0 saturated heterocycles. The number of imidazole rings is 1. The predicted octanol–water partition coefficient (Wildman–Crippen LogP) is 4.21. The molecule has 4 heterocycles. The Kier molecular flexibility index (Phi) is 4.73. The lowest BCUT2D eigenvalue weighted by molar-refractivity contribution is -0.137. The van der Waals surface area contributed by atoms with Crippen molar-refractivity contribution in [1.29, 1.82) is 0 Å². The first-order valence-corrected chi connectivity index (χ1v) is 10.1. The first-order valence-electron chi connectivity index (χ1n) is 10.1. The van der Waals surface area contributed by atoms with Gasteiger partial charge in [0.15, 0.2) is 0 Å². The molecule has 1 aliphatic heterocycles. The minimum atomic E-state index is -4.42. The third kappa shape index (κ3) is 3.73. The van der Waals surface area contributed by atoms with Gasteiger partial charge in [0.05, 0.1) is 29.2 Å². The van der Waals surface area contributed by atoms with E-state index in [1.807, 2.05) is 4.40 Å². The van der Waals surface area contributed by atoms with Crippen LogP contribution in [-0.2, 0) is 19.1 Å². The molecule has 3 aromatic heterocycles. The minimum absolute atomic E-state index is 0.243. The Morgan fingerprint density at radius 2 is 1.76 bits per heavy atom. The van der Waals surface area contributed by atoms with Crippen molar-refractivity contribution in [1.82, 2.24) is 18.9 Å². The van der Waals surface area contributed by atoms with Crippen LogP contribution in [0.3, 0.4) is 0 Å². The fraction of sp³-hybridized carbons (Fsp3) is 0.174. The summed E-state index contributed by atoms with van der Waals surface area (Å²) in [6.45, 7) is 0.622. The van der Waals surface area contributed by atoms with E-state index in [0.717, 1.165) is 23.5 Å². The second kappa shape index (κ2) is 7.51. The zero-order valence-electron chi connectivity index (χ0n) is 17.1. The number of rotatable bonds is 2. The number of alkyl halides is 3. The predicted molar refractivity (Wildman–Crippen MR) is 113 cm³/mol. The van der Waals surface area contributed by atoms with Crippen LogP contribution in [0.1, 0.15) is 17.0 Å². The van der Waals surface area contributed by atoms with Crippen molar-refractivity contribution in [3.05, 3.63) is 88.2 Å². The van der Waals surface area contributed by atoms with Gasteiger partial charge in [-0.1, -0.05) is 12.1 Å². The van der Waals surface area contributed by atoms with Crippen molar-refractivity contribution in [2.24, 2.45) is 0 Å². The summed E-state index contributed by atoms with van der Waals surface area (Å²) >= 11 is 0. The molecular formula is C23H17F3N4O3. The van der Waals surface area contributed by atoms with E-state index in [1.165, 1.54) is 27.7 Å². The number of nitrogens with zero attached hydrogens (tertiary/aromatic N) is 4. The molecule has 4 aromatic rings. The lowest BCUT2D eigenvalue weighted by Crippen LogP contribution is -2.35. The molecule has 10 heteroatoms. The van der Waals surface area contributed by atoms with E-state index in [-0.39, 0.29) is 12.1 Å². The van der Waals surface area contributed by atoms with E-state index in [0.29, 0.717) is 35.4 Å². The maximum Gasteiger partial charge on any atom is 0.416 e. The molecule has 33 heavy (non-hydrogen) atoms. The van der Waals surface area contributed by atoms with E-state index in [9.17, 15) is 27.9 Å². The van der Waals surface area contributed by atoms with Crippen LogP contribution in [0.2, 0.25) is 0 Å². The molecule has 0 saturated carbocycles. The Morgan fingerprint density at radius 1 is 1.00 bits per heavy atom. The largest absolute Gasteiger partial charge is 0.465 e. The molecule has 1 aromatic carbocycles. The molecular weight excluding hydrogens is 437 g/mol. The molecule has 0 bridgehead atoms. The Bertz CT molecular complexity index is 1440. The Balaban J connectivity index is 1.47. The molecule has 0 atom stereocenters. The average Bonchev–Trinajstić information content (AvgIpc) is 3.15. The topological polar surface area (TPSA) is 79.8 Å². The van der Waals surface area contributed by atoms with Crippen LogP contribution in [0, 0.1) is 0 Å². The van der Waals surface area contributed by atoms with Gasteiger partial charge < -0.3 is 14.4 Å². The van der Waals surface area contributed by atoms with Crippen LogP contribution in [0.5, 0.6) is 0 Å². The van der Waals surface area contributed by atoms with E-state index < -0.39 is 17.8 Å². The van der Waals surface area contributed by atoms with Crippen molar-refractivity contribution >= 4 is 11.7 Å². The van der Waals surface area contributed by atoms with Gasteiger partial charge in [-0.25, -0.2) is 9.78 Å². The number of benzene rings is 1. The summed E-state index contributed by atoms with van der Waals surface area (Å²) < 4.78 is 41.6. The number of aromatic nitrogens is 3.